The second-order valence-corrected chi connectivity index (χ2v) is 10.1. The van der Waals surface area contributed by atoms with Gasteiger partial charge >= 0.3 is 0 Å². The number of hydroxylamine groups is 1. The first-order valence-corrected chi connectivity index (χ1v) is 10.9. The number of methoxy groups -OCH3 is 1. The highest BCUT2D eigenvalue weighted by Crippen LogP contribution is 2.38. The van der Waals surface area contributed by atoms with E-state index >= 15 is 0 Å². The van der Waals surface area contributed by atoms with Crippen LogP contribution >= 0.6 is 11.8 Å². The first kappa shape index (κ1) is 22.5. The molecule has 0 saturated carbocycles. The van der Waals surface area contributed by atoms with Crippen LogP contribution in [0.25, 0.3) is 0 Å². The molecule has 28 heavy (non-hydrogen) atoms. The summed E-state index contributed by atoms with van der Waals surface area (Å²) < 4.78 is 36.9. The lowest BCUT2D eigenvalue weighted by molar-refractivity contribution is -0.134. The summed E-state index contributed by atoms with van der Waals surface area (Å²) in [5.41, 5.74) is 1.59. The first-order chi connectivity index (χ1) is 13.2. The fraction of sp³-hybridized carbons (Fsp3) is 0.500. The Labute approximate surface area is 169 Å². The van der Waals surface area contributed by atoms with Crippen molar-refractivity contribution in [1.29, 1.82) is 0 Å². The van der Waals surface area contributed by atoms with Gasteiger partial charge in [0.05, 0.1) is 4.90 Å². The lowest BCUT2D eigenvalue weighted by atomic mass is 10.0. The number of carbonyl (C=O) groups is 1. The lowest BCUT2D eigenvalue weighted by Gasteiger charge is -2.43. The van der Waals surface area contributed by atoms with Gasteiger partial charge in [-0.25, -0.2) is 13.9 Å². The molecule has 1 saturated heterocycles. The smallest absolute Gasteiger partial charge is 0.263 e. The number of ether oxygens (including phenoxy) is 2. The van der Waals surface area contributed by atoms with Gasteiger partial charge in [0, 0.05) is 24.2 Å². The van der Waals surface area contributed by atoms with Crippen molar-refractivity contribution in [2.24, 2.45) is 0 Å². The highest BCUT2D eigenvalue weighted by Gasteiger charge is 2.48. The Kier molecular flexibility index (Phi) is 7.74. The van der Waals surface area contributed by atoms with E-state index in [-0.39, 0.29) is 18.0 Å². The monoisotopic (exact) mass is 428 g/mol. The van der Waals surface area contributed by atoms with E-state index in [1.807, 2.05) is 0 Å². The van der Waals surface area contributed by atoms with Gasteiger partial charge in [-0.2, -0.15) is 16.1 Å². The summed E-state index contributed by atoms with van der Waals surface area (Å²) in [4.78, 5) is 12.2. The standard InChI is InChI=1S/C18H24N2O6S2/c1-18(2)16(17(21)19-22)20(10-13-27-18)28(23,24)15-8-6-14(7-9-15)26-12-5-4-11-25-3/h6-9,16,22H,10-13H2,1-3H3,(H,19,21). The molecule has 1 aromatic carbocycles. The minimum absolute atomic E-state index is 0.0451. The molecule has 154 valence electrons. The number of rotatable bonds is 6. The van der Waals surface area contributed by atoms with Crippen LogP contribution in [0.3, 0.4) is 0 Å². The van der Waals surface area contributed by atoms with Crippen molar-refractivity contribution < 1.29 is 27.9 Å². The molecule has 1 aromatic rings. The third-order valence-corrected chi connectivity index (χ3v) is 7.41. The highest BCUT2D eigenvalue weighted by atomic mass is 32.2. The quantitative estimate of drug-likeness (QED) is 0.397. The van der Waals surface area contributed by atoms with Crippen molar-refractivity contribution in [3.05, 3.63) is 24.3 Å². The van der Waals surface area contributed by atoms with Gasteiger partial charge in [0.2, 0.25) is 10.0 Å². The van der Waals surface area contributed by atoms with E-state index < -0.39 is 26.7 Å². The van der Waals surface area contributed by atoms with Crippen LogP contribution in [0.2, 0.25) is 0 Å². The average molecular weight is 429 g/mol. The molecule has 10 heteroatoms. The number of carbonyl (C=O) groups excluding carboxylic acids is 1. The predicted octanol–water partition coefficient (Wildman–Crippen LogP) is 1.11. The summed E-state index contributed by atoms with van der Waals surface area (Å²) >= 11 is 1.48. The van der Waals surface area contributed by atoms with E-state index in [0.29, 0.717) is 18.1 Å². The summed E-state index contributed by atoms with van der Waals surface area (Å²) in [6.07, 6.45) is 0. The van der Waals surface area contributed by atoms with Crippen molar-refractivity contribution in [1.82, 2.24) is 9.79 Å². The number of nitrogens with zero attached hydrogens (tertiary/aromatic N) is 1. The molecule has 1 aliphatic rings. The Balaban J connectivity index is 2.21. The largest absolute Gasteiger partial charge is 0.481 e. The zero-order valence-corrected chi connectivity index (χ0v) is 17.6. The fourth-order valence-electron chi connectivity index (χ4n) is 2.86. The van der Waals surface area contributed by atoms with Crippen molar-refractivity contribution in [3.63, 3.8) is 0 Å². The molecule has 8 nitrogen and oxygen atoms in total. The molecule has 0 bridgehead atoms. The second kappa shape index (κ2) is 9.62. The Hall–Kier alpha value is -1.77. The van der Waals surface area contributed by atoms with E-state index in [0.717, 1.165) is 4.31 Å². The molecule has 0 aliphatic carbocycles. The number of amides is 1. The molecule has 1 aliphatic heterocycles. The van der Waals surface area contributed by atoms with Crippen LogP contribution in [0.1, 0.15) is 13.8 Å². The van der Waals surface area contributed by atoms with Gasteiger partial charge in [-0.05, 0) is 38.1 Å². The summed E-state index contributed by atoms with van der Waals surface area (Å²) in [7, 11) is -2.39. The van der Waals surface area contributed by atoms with Gasteiger partial charge < -0.3 is 9.47 Å². The summed E-state index contributed by atoms with van der Waals surface area (Å²) in [5.74, 6) is 5.79. The number of thioether (sulfide) groups is 1. The van der Waals surface area contributed by atoms with Crippen LogP contribution in [0.5, 0.6) is 5.75 Å². The number of nitrogens with one attached hydrogen (secondary N) is 1. The molecule has 2 rings (SSSR count). The van der Waals surface area contributed by atoms with E-state index in [1.165, 1.54) is 36.0 Å². The molecule has 2 N–H and O–H groups in total. The molecule has 0 radical (unpaired) electrons. The summed E-state index contributed by atoms with van der Waals surface area (Å²) in [6, 6.07) is 4.89. The summed E-state index contributed by atoms with van der Waals surface area (Å²) in [6.45, 7) is 4.20. The lowest BCUT2D eigenvalue weighted by Crippen LogP contribution is -2.61. The molecular formula is C18H24N2O6S2. The van der Waals surface area contributed by atoms with Gasteiger partial charge in [0.15, 0.2) is 0 Å². The maximum Gasteiger partial charge on any atom is 0.263 e. The predicted molar refractivity (Wildman–Crippen MR) is 106 cm³/mol. The molecule has 0 aromatic heterocycles. The zero-order chi connectivity index (χ0) is 20.8. The molecule has 1 heterocycles. The Bertz CT molecular complexity index is 843. The molecular weight excluding hydrogens is 404 g/mol. The molecule has 0 spiro atoms. The Morgan fingerprint density at radius 1 is 1.32 bits per heavy atom. The Morgan fingerprint density at radius 3 is 2.57 bits per heavy atom. The number of benzene rings is 1. The normalized spacial score (nSPS) is 19.4. The van der Waals surface area contributed by atoms with Crippen LogP contribution in [0, 0.1) is 11.8 Å². The third-order valence-electron chi connectivity index (χ3n) is 4.17. The topological polar surface area (TPSA) is 105 Å². The molecule has 1 amide bonds. The number of hydrogen-bond acceptors (Lipinski definition) is 7. The van der Waals surface area contributed by atoms with E-state index in [4.69, 9.17) is 14.7 Å². The maximum absolute atomic E-state index is 13.1. The number of hydrogen-bond donors (Lipinski definition) is 2. The fourth-order valence-corrected chi connectivity index (χ4v) is 5.96. The molecule has 1 fully saturated rings. The first-order valence-electron chi connectivity index (χ1n) is 8.51. The van der Waals surface area contributed by atoms with Gasteiger partial charge in [0.1, 0.15) is 25.0 Å². The van der Waals surface area contributed by atoms with Crippen LogP contribution in [0.15, 0.2) is 29.2 Å². The van der Waals surface area contributed by atoms with Gasteiger partial charge in [0.25, 0.3) is 5.91 Å². The third kappa shape index (κ3) is 5.18. The minimum atomic E-state index is -3.94. The van der Waals surface area contributed by atoms with E-state index in [9.17, 15) is 13.2 Å². The summed E-state index contributed by atoms with van der Waals surface area (Å²) in [5, 5.41) is 9.08. The van der Waals surface area contributed by atoms with Crippen molar-refractivity contribution in [2.75, 3.05) is 32.6 Å². The van der Waals surface area contributed by atoms with E-state index in [1.54, 1.807) is 26.4 Å². The SMILES string of the molecule is COCC#CCOc1ccc(S(=O)(=O)N2CCSC(C)(C)C2C(=O)NO)cc1. The van der Waals surface area contributed by atoms with Crippen LogP contribution < -0.4 is 10.2 Å². The van der Waals surface area contributed by atoms with E-state index in [2.05, 4.69) is 11.8 Å². The molecule has 1 unspecified atom stereocenters. The van der Waals surface area contributed by atoms with Gasteiger partial charge in [-0.1, -0.05) is 11.8 Å². The van der Waals surface area contributed by atoms with Crippen molar-refractivity contribution in [2.45, 2.75) is 29.5 Å². The van der Waals surface area contributed by atoms with Gasteiger partial charge in [-0.15, -0.1) is 0 Å². The Morgan fingerprint density at radius 2 is 1.96 bits per heavy atom. The zero-order valence-electron chi connectivity index (χ0n) is 16.0. The van der Waals surface area contributed by atoms with Crippen molar-refractivity contribution >= 4 is 27.7 Å². The van der Waals surface area contributed by atoms with Crippen LogP contribution in [0.4, 0.5) is 0 Å². The molecule has 1 atom stereocenters. The van der Waals surface area contributed by atoms with Crippen molar-refractivity contribution in [3.8, 4) is 17.6 Å². The highest BCUT2D eigenvalue weighted by molar-refractivity contribution is 8.00. The average Bonchev–Trinajstić information content (AvgIpc) is 2.66. The minimum Gasteiger partial charge on any atom is -0.481 e. The van der Waals surface area contributed by atoms with Crippen LogP contribution in [-0.4, -0.2) is 67.2 Å². The second-order valence-electron chi connectivity index (χ2n) is 6.49. The number of sulfonamides is 1. The van der Waals surface area contributed by atoms with Crippen LogP contribution in [-0.2, 0) is 19.6 Å². The van der Waals surface area contributed by atoms with Gasteiger partial charge in [-0.3, -0.25) is 10.0 Å². The maximum atomic E-state index is 13.1.